The first-order chi connectivity index (χ1) is 16.0. The zero-order valence-corrected chi connectivity index (χ0v) is 18.9. The summed E-state index contributed by atoms with van der Waals surface area (Å²) >= 11 is 6.80. The molecule has 0 bridgehead atoms. The number of thiazole rings is 1. The summed E-state index contributed by atoms with van der Waals surface area (Å²) in [6.07, 6.45) is 0. The Labute approximate surface area is 196 Å². The van der Waals surface area contributed by atoms with Gasteiger partial charge < -0.3 is 4.74 Å². The second-order valence-corrected chi connectivity index (χ2v) is 9.03. The molecule has 2 heterocycles. The molecule has 3 aromatic carbocycles. The van der Waals surface area contributed by atoms with Crippen LogP contribution in [0.25, 0.3) is 27.0 Å². The molecule has 0 unspecified atom stereocenters. The van der Waals surface area contributed by atoms with Gasteiger partial charge in [0.05, 0.1) is 15.8 Å². The van der Waals surface area contributed by atoms with Gasteiger partial charge in [-0.05, 0) is 36.0 Å². The fourth-order valence-corrected chi connectivity index (χ4v) is 5.25. The third-order valence-electron chi connectivity index (χ3n) is 5.31. The summed E-state index contributed by atoms with van der Waals surface area (Å²) in [6.45, 7) is -0.235. The second kappa shape index (κ2) is 8.73. The molecule has 0 N–H and O–H groups in total. The van der Waals surface area contributed by atoms with Crippen molar-refractivity contribution in [2.45, 2.75) is 13.2 Å². The second-order valence-electron chi connectivity index (χ2n) is 7.39. The van der Waals surface area contributed by atoms with E-state index in [1.807, 2.05) is 36.4 Å². The molecular formula is C25H17FN2O3S2. The van der Waals surface area contributed by atoms with Gasteiger partial charge in [0, 0.05) is 5.56 Å². The Bertz CT molecular complexity index is 1620. The van der Waals surface area contributed by atoms with Crippen LogP contribution in [0.3, 0.4) is 0 Å². The largest absolute Gasteiger partial charge is 0.459 e. The van der Waals surface area contributed by atoms with E-state index in [1.54, 1.807) is 40.8 Å². The number of fused-ring (bicyclic) bond motifs is 3. The molecule has 0 aliphatic carbocycles. The number of ether oxygens (including phenoxy) is 1. The maximum Gasteiger partial charge on any atom is 0.326 e. The molecule has 0 fully saturated rings. The molecule has 2 aromatic heterocycles. The molecule has 0 atom stereocenters. The van der Waals surface area contributed by atoms with Crippen LogP contribution in [-0.2, 0) is 22.7 Å². The predicted octanol–water partition coefficient (Wildman–Crippen LogP) is 5.59. The van der Waals surface area contributed by atoms with Crippen LogP contribution in [0, 0.1) is 9.77 Å². The number of para-hydroxylation sites is 1. The van der Waals surface area contributed by atoms with Gasteiger partial charge in [0.15, 0.2) is 3.95 Å². The van der Waals surface area contributed by atoms with E-state index < -0.39 is 11.8 Å². The standard InChI is InChI=1S/C25H17FN2O3S2/c26-19-12-6-4-10-17(19)22-23-27(14-21(29)31-15-16-8-2-1-3-9-16)24(30)18-11-5-7-13-20(18)28(23)25(32)33-22/h1-13H,14-15H2. The molecule has 0 spiro atoms. The lowest BCUT2D eigenvalue weighted by Crippen LogP contribution is -2.27. The van der Waals surface area contributed by atoms with Crippen LogP contribution >= 0.6 is 23.6 Å². The molecule has 164 valence electrons. The molecule has 5 rings (SSSR count). The molecule has 5 aromatic rings. The first kappa shape index (κ1) is 21.2. The van der Waals surface area contributed by atoms with Gasteiger partial charge in [-0.3, -0.25) is 18.6 Å². The summed E-state index contributed by atoms with van der Waals surface area (Å²) in [4.78, 5) is 26.7. The van der Waals surface area contributed by atoms with Crippen LogP contribution in [0.2, 0.25) is 0 Å². The number of carbonyl (C=O) groups excluding carboxylic acids is 1. The van der Waals surface area contributed by atoms with Gasteiger partial charge in [-0.2, -0.15) is 0 Å². The topological polar surface area (TPSA) is 52.7 Å². The molecule has 5 nitrogen and oxygen atoms in total. The van der Waals surface area contributed by atoms with Crippen molar-refractivity contribution in [2.75, 3.05) is 0 Å². The van der Waals surface area contributed by atoms with Crippen molar-refractivity contribution in [2.24, 2.45) is 0 Å². The van der Waals surface area contributed by atoms with Crippen LogP contribution in [-0.4, -0.2) is 14.9 Å². The predicted molar refractivity (Wildman–Crippen MR) is 130 cm³/mol. The fraction of sp³-hybridized carbons (Fsp3) is 0.0800. The highest BCUT2D eigenvalue weighted by atomic mass is 32.1. The third-order valence-corrected chi connectivity index (χ3v) is 6.71. The SMILES string of the molecule is O=C(Cn1c(=O)c2ccccc2n2c(=S)sc(-c3ccccc3F)c12)OCc1ccccc1. The molecule has 33 heavy (non-hydrogen) atoms. The van der Waals surface area contributed by atoms with E-state index in [0.717, 1.165) is 5.56 Å². The molecule has 8 heteroatoms. The lowest BCUT2D eigenvalue weighted by atomic mass is 10.1. The zero-order chi connectivity index (χ0) is 22.9. The Balaban J connectivity index is 1.69. The average Bonchev–Trinajstić information content (AvgIpc) is 3.18. The van der Waals surface area contributed by atoms with Crippen molar-refractivity contribution in [3.63, 3.8) is 0 Å². The maximum atomic E-state index is 14.7. The molecule has 0 aliphatic heterocycles. The van der Waals surface area contributed by atoms with Crippen molar-refractivity contribution in [3.05, 3.63) is 105 Å². The zero-order valence-electron chi connectivity index (χ0n) is 17.2. The van der Waals surface area contributed by atoms with Crippen molar-refractivity contribution in [1.82, 2.24) is 8.97 Å². The average molecular weight is 477 g/mol. The highest BCUT2D eigenvalue weighted by Gasteiger charge is 2.21. The van der Waals surface area contributed by atoms with Gasteiger partial charge >= 0.3 is 5.97 Å². The summed E-state index contributed by atoms with van der Waals surface area (Å²) < 4.78 is 23.6. The number of hydrogen-bond acceptors (Lipinski definition) is 5. The quantitative estimate of drug-likeness (QED) is 0.245. The molecule has 0 saturated carbocycles. The molecule has 0 aliphatic rings. The Morgan fingerprint density at radius 2 is 1.67 bits per heavy atom. The van der Waals surface area contributed by atoms with Gasteiger partial charge in [0.25, 0.3) is 5.56 Å². The summed E-state index contributed by atoms with van der Waals surface area (Å²) in [5, 5.41) is 0.412. The fourth-order valence-electron chi connectivity index (χ4n) is 3.79. The van der Waals surface area contributed by atoms with Crippen molar-refractivity contribution < 1.29 is 13.9 Å². The number of rotatable bonds is 5. The van der Waals surface area contributed by atoms with Crippen molar-refractivity contribution >= 4 is 46.1 Å². The monoisotopic (exact) mass is 476 g/mol. The number of hydrogen-bond donors (Lipinski definition) is 0. The number of halogens is 1. The molecule has 0 saturated heterocycles. The summed E-state index contributed by atoms with van der Waals surface area (Å²) in [5.74, 6) is -1.01. The van der Waals surface area contributed by atoms with Crippen LogP contribution in [0.5, 0.6) is 0 Å². The first-order valence-electron chi connectivity index (χ1n) is 10.2. The summed E-state index contributed by atoms with van der Waals surface area (Å²) in [5.41, 5.74) is 1.77. The van der Waals surface area contributed by atoms with Crippen molar-refractivity contribution in [1.29, 1.82) is 0 Å². The normalized spacial score (nSPS) is 11.2. The minimum absolute atomic E-state index is 0.0917. The highest BCUT2D eigenvalue weighted by Crippen LogP contribution is 2.34. The van der Waals surface area contributed by atoms with E-state index in [0.29, 0.717) is 30.9 Å². The van der Waals surface area contributed by atoms with E-state index in [4.69, 9.17) is 17.0 Å². The van der Waals surface area contributed by atoms with E-state index in [-0.39, 0.29) is 18.7 Å². The van der Waals surface area contributed by atoms with Crippen LogP contribution in [0.4, 0.5) is 4.39 Å². The third kappa shape index (κ3) is 3.88. The Morgan fingerprint density at radius 3 is 2.45 bits per heavy atom. The van der Waals surface area contributed by atoms with E-state index in [9.17, 15) is 14.0 Å². The summed E-state index contributed by atoms with van der Waals surface area (Å²) in [6, 6.07) is 22.6. The van der Waals surface area contributed by atoms with Gasteiger partial charge in [-0.25, -0.2) is 4.39 Å². The van der Waals surface area contributed by atoms with E-state index >= 15 is 0 Å². The van der Waals surface area contributed by atoms with E-state index in [1.165, 1.54) is 22.0 Å². The number of aromatic nitrogens is 2. The highest BCUT2D eigenvalue weighted by molar-refractivity contribution is 7.73. The maximum absolute atomic E-state index is 14.7. The smallest absolute Gasteiger partial charge is 0.326 e. The van der Waals surface area contributed by atoms with Crippen LogP contribution in [0.1, 0.15) is 5.56 Å². The van der Waals surface area contributed by atoms with Crippen LogP contribution in [0.15, 0.2) is 83.7 Å². The Hall–Kier alpha value is -3.62. The van der Waals surface area contributed by atoms with Crippen LogP contribution < -0.4 is 5.56 Å². The number of nitrogens with zero attached hydrogens (tertiary/aromatic N) is 2. The lowest BCUT2D eigenvalue weighted by Gasteiger charge is -2.13. The van der Waals surface area contributed by atoms with Gasteiger partial charge in [-0.1, -0.05) is 60.7 Å². The molecular weight excluding hydrogens is 459 g/mol. The minimum atomic E-state index is -0.574. The number of carbonyl (C=O) groups is 1. The Morgan fingerprint density at radius 1 is 0.970 bits per heavy atom. The van der Waals surface area contributed by atoms with Gasteiger partial charge in [0.2, 0.25) is 0 Å². The molecule has 0 radical (unpaired) electrons. The van der Waals surface area contributed by atoms with E-state index in [2.05, 4.69) is 0 Å². The minimum Gasteiger partial charge on any atom is -0.459 e. The first-order valence-corrected chi connectivity index (χ1v) is 11.4. The van der Waals surface area contributed by atoms with Crippen molar-refractivity contribution in [3.8, 4) is 10.4 Å². The summed E-state index contributed by atoms with van der Waals surface area (Å²) in [7, 11) is 0. The number of benzene rings is 3. The van der Waals surface area contributed by atoms with Gasteiger partial charge in [0.1, 0.15) is 24.6 Å². The number of esters is 1. The Kier molecular flexibility index (Phi) is 5.62. The van der Waals surface area contributed by atoms with Gasteiger partial charge in [-0.15, -0.1) is 11.3 Å². The molecule has 0 amide bonds. The lowest BCUT2D eigenvalue weighted by molar-refractivity contribution is -0.145.